The normalized spacial score (nSPS) is 20.8. The van der Waals surface area contributed by atoms with Crippen LogP contribution in [0.25, 0.3) is 0 Å². The molecule has 1 aliphatic rings. The van der Waals surface area contributed by atoms with Gasteiger partial charge in [0.1, 0.15) is 26.0 Å². The highest BCUT2D eigenvalue weighted by Crippen LogP contribution is 2.40. The Labute approximate surface area is 128 Å². The molecule has 112 valence electrons. The van der Waals surface area contributed by atoms with Crippen LogP contribution in [0.4, 0.5) is 0 Å². The fraction of sp³-hybridized carbons (Fsp3) is 0.444. The first kappa shape index (κ1) is 15.9. The fourth-order valence-electron chi connectivity index (χ4n) is 2.45. The summed E-state index contributed by atoms with van der Waals surface area (Å²) in [6, 6.07) is 5.98. The van der Waals surface area contributed by atoms with Crippen LogP contribution in [-0.2, 0) is 6.42 Å². The zero-order chi connectivity index (χ0) is 15.5. The summed E-state index contributed by atoms with van der Waals surface area (Å²) in [6.07, 6.45) is 4.74. The summed E-state index contributed by atoms with van der Waals surface area (Å²) >= 11 is 0. The Morgan fingerprint density at radius 1 is 1.33 bits per heavy atom. The third-order valence-corrected chi connectivity index (χ3v) is 4.37. The second-order valence-corrected chi connectivity index (χ2v) is 11.2. The Bertz CT molecular complexity index is 587. The molecule has 1 aromatic carbocycles. The highest BCUT2D eigenvalue weighted by atomic mass is 28.3. The van der Waals surface area contributed by atoms with Gasteiger partial charge >= 0.3 is 0 Å². The number of aliphatic hydroxyl groups is 1. The molecular weight excluding hydrogens is 276 g/mol. The fourth-order valence-corrected chi connectivity index (χ4v) is 2.96. The number of allylic oxidation sites excluding steroid dienone is 1. The van der Waals surface area contributed by atoms with Crippen molar-refractivity contribution in [2.24, 2.45) is 0 Å². The molecule has 2 atom stereocenters. The standard InChI is InChI=1S/C18H24O2Si/c1-5-14-10-9-12-15-17(14)18(19)16(20-15)11-7-6-8-13-21(2,3)4/h6-7,9-10,12,16,18-19H,5,11H2,1-4H3/b7-6-/t16-,18+/m0/s1. The van der Waals surface area contributed by atoms with Gasteiger partial charge in [0.05, 0.1) is 0 Å². The second kappa shape index (κ2) is 6.51. The number of fused-ring (bicyclic) bond motifs is 1. The number of hydrogen-bond donors (Lipinski definition) is 1. The molecule has 0 fully saturated rings. The van der Waals surface area contributed by atoms with Crippen molar-refractivity contribution in [2.45, 2.75) is 51.6 Å². The molecule has 3 heteroatoms. The lowest BCUT2D eigenvalue weighted by Crippen LogP contribution is -2.17. The topological polar surface area (TPSA) is 29.5 Å². The van der Waals surface area contributed by atoms with Crippen LogP contribution in [0.15, 0.2) is 30.4 Å². The molecule has 0 saturated heterocycles. The van der Waals surface area contributed by atoms with Gasteiger partial charge < -0.3 is 9.84 Å². The van der Waals surface area contributed by atoms with E-state index in [1.165, 1.54) is 5.56 Å². The first-order valence-corrected chi connectivity index (χ1v) is 11.1. The van der Waals surface area contributed by atoms with Gasteiger partial charge in [-0.25, -0.2) is 0 Å². The first-order chi connectivity index (χ1) is 9.92. The highest BCUT2D eigenvalue weighted by Gasteiger charge is 2.33. The van der Waals surface area contributed by atoms with Crippen molar-refractivity contribution in [3.05, 3.63) is 41.5 Å². The van der Waals surface area contributed by atoms with Gasteiger partial charge in [0.15, 0.2) is 0 Å². The van der Waals surface area contributed by atoms with Crippen molar-refractivity contribution in [1.82, 2.24) is 0 Å². The van der Waals surface area contributed by atoms with Crippen LogP contribution in [0.2, 0.25) is 19.6 Å². The zero-order valence-corrected chi connectivity index (χ0v) is 14.3. The smallest absolute Gasteiger partial charge is 0.132 e. The maximum absolute atomic E-state index is 10.5. The molecule has 1 aromatic rings. The van der Waals surface area contributed by atoms with Gasteiger partial charge in [0, 0.05) is 12.0 Å². The highest BCUT2D eigenvalue weighted by molar-refractivity contribution is 6.83. The zero-order valence-electron chi connectivity index (χ0n) is 13.3. The molecule has 0 unspecified atom stereocenters. The number of aryl methyl sites for hydroxylation is 1. The van der Waals surface area contributed by atoms with Crippen molar-refractivity contribution in [2.75, 3.05) is 0 Å². The van der Waals surface area contributed by atoms with Crippen LogP contribution in [0, 0.1) is 11.5 Å². The molecule has 1 aliphatic heterocycles. The molecule has 2 nitrogen and oxygen atoms in total. The molecule has 0 aromatic heterocycles. The van der Waals surface area contributed by atoms with Crippen molar-refractivity contribution >= 4 is 8.07 Å². The Morgan fingerprint density at radius 2 is 2.10 bits per heavy atom. The van der Waals surface area contributed by atoms with Crippen LogP contribution in [0.1, 0.15) is 30.6 Å². The van der Waals surface area contributed by atoms with E-state index in [9.17, 15) is 5.11 Å². The molecule has 1 heterocycles. The van der Waals surface area contributed by atoms with E-state index >= 15 is 0 Å². The van der Waals surface area contributed by atoms with Gasteiger partial charge in [-0.15, -0.1) is 5.54 Å². The summed E-state index contributed by atoms with van der Waals surface area (Å²) in [7, 11) is -1.31. The molecule has 0 radical (unpaired) electrons. The van der Waals surface area contributed by atoms with Gasteiger partial charge in [-0.2, -0.15) is 0 Å². The third kappa shape index (κ3) is 4.00. The number of ether oxygens (including phenoxy) is 1. The van der Waals surface area contributed by atoms with E-state index in [2.05, 4.69) is 44.1 Å². The van der Waals surface area contributed by atoms with Gasteiger partial charge in [-0.1, -0.05) is 50.7 Å². The van der Waals surface area contributed by atoms with Crippen molar-refractivity contribution in [3.63, 3.8) is 0 Å². The maximum Gasteiger partial charge on any atom is 0.132 e. The summed E-state index contributed by atoms with van der Waals surface area (Å²) < 4.78 is 5.87. The molecular formula is C18H24O2Si. The number of hydrogen-bond acceptors (Lipinski definition) is 2. The Balaban J connectivity index is 2.02. The lowest BCUT2D eigenvalue weighted by atomic mass is 9.97. The molecule has 2 rings (SSSR count). The number of benzene rings is 1. The maximum atomic E-state index is 10.5. The Hall–Kier alpha value is -1.50. The van der Waals surface area contributed by atoms with E-state index in [0.29, 0.717) is 6.42 Å². The minimum absolute atomic E-state index is 0.197. The minimum atomic E-state index is -1.31. The average Bonchev–Trinajstić information content (AvgIpc) is 2.74. The third-order valence-electron chi connectivity index (χ3n) is 3.48. The monoisotopic (exact) mass is 300 g/mol. The van der Waals surface area contributed by atoms with Gasteiger partial charge in [-0.3, -0.25) is 0 Å². The second-order valence-electron chi connectivity index (χ2n) is 6.44. The molecule has 0 aliphatic carbocycles. The van der Waals surface area contributed by atoms with E-state index in [4.69, 9.17) is 4.74 Å². The van der Waals surface area contributed by atoms with Crippen molar-refractivity contribution < 1.29 is 9.84 Å². The Morgan fingerprint density at radius 3 is 2.76 bits per heavy atom. The molecule has 0 spiro atoms. The van der Waals surface area contributed by atoms with Gasteiger partial charge in [-0.05, 0) is 24.1 Å². The van der Waals surface area contributed by atoms with E-state index < -0.39 is 14.2 Å². The molecule has 0 saturated carbocycles. The first-order valence-electron chi connectivity index (χ1n) is 7.56. The summed E-state index contributed by atoms with van der Waals surface area (Å²) in [5.74, 6) is 3.93. The molecule has 21 heavy (non-hydrogen) atoms. The molecule has 0 amide bonds. The summed E-state index contributed by atoms with van der Waals surface area (Å²) in [4.78, 5) is 0. The number of aliphatic hydroxyl groups excluding tert-OH is 1. The molecule has 1 N–H and O–H groups in total. The van der Waals surface area contributed by atoms with Gasteiger partial charge in [0.25, 0.3) is 0 Å². The largest absolute Gasteiger partial charge is 0.487 e. The van der Waals surface area contributed by atoms with Crippen molar-refractivity contribution in [3.8, 4) is 17.2 Å². The van der Waals surface area contributed by atoms with E-state index in [1.54, 1.807) is 0 Å². The van der Waals surface area contributed by atoms with Crippen LogP contribution in [-0.4, -0.2) is 19.3 Å². The van der Waals surface area contributed by atoms with E-state index in [1.807, 2.05) is 24.3 Å². The summed E-state index contributed by atoms with van der Waals surface area (Å²) in [5.41, 5.74) is 5.43. The lowest BCUT2D eigenvalue weighted by molar-refractivity contribution is 0.0693. The summed E-state index contributed by atoms with van der Waals surface area (Å²) in [6.45, 7) is 8.77. The van der Waals surface area contributed by atoms with Crippen LogP contribution in [0.5, 0.6) is 5.75 Å². The SMILES string of the molecule is CCc1cccc2c1[C@H](O)[C@H](C/C=C\C#C[Si](C)(C)C)O2. The van der Waals surface area contributed by atoms with Crippen LogP contribution < -0.4 is 4.74 Å². The van der Waals surface area contributed by atoms with E-state index in [0.717, 1.165) is 17.7 Å². The minimum Gasteiger partial charge on any atom is -0.487 e. The van der Waals surface area contributed by atoms with Crippen LogP contribution in [0.3, 0.4) is 0 Å². The van der Waals surface area contributed by atoms with Gasteiger partial charge in [0.2, 0.25) is 0 Å². The lowest BCUT2D eigenvalue weighted by Gasteiger charge is -2.12. The number of rotatable bonds is 3. The van der Waals surface area contributed by atoms with Crippen LogP contribution >= 0.6 is 0 Å². The quantitative estimate of drug-likeness (QED) is 0.678. The average molecular weight is 300 g/mol. The summed E-state index contributed by atoms with van der Waals surface area (Å²) in [5, 5.41) is 10.5. The van der Waals surface area contributed by atoms with E-state index in [-0.39, 0.29) is 6.10 Å². The molecule has 0 bridgehead atoms. The predicted molar refractivity (Wildman–Crippen MR) is 90.1 cm³/mol. The Kier molecular flexibility index (Phi) is 4.92. The van der Waals surface area contributed by atoms with Crippen molar-refractivity contribution in [1.29, 1.82) is 0 Å². The predicted octanol–water partition coefficient (Wildman–Crippen LogP) is 3.87.